The maximum Gasteiger partial charge on any atom is 0.0611 e. The third-order valence-corrected chi connectivity index (χ3v) is 3.45. The largest absolute Gasteiger partial charge is 0.411 e. The van der Waals surface area contributed by atoms with Crippen LogP contribution >= 0.6 is 0 Å². The minimum atomic E-state index is 0.531. The zero-order chi connectivity index (χ0) is 9.54. The van der Waals surface area contributed by atoms with Gasteiger partial charge in [-0.3, -0.25) is 0 Å². The van der Waals surface area contributed by atoms with E-state index >= 15 is 0 Å². The van der Waals surface area contributed by atoms with Gasteiger partial charge in [-0.2, -0.15) is 0 Å². The zero-order valence-corrected chi connectivity index (χ0v) is 7.98. The van der Waals surface area contributed by atoms with Crippen LogP contribution in [0.1, 0.15) is 29.9 Å². The van der Waals surface area contributed by atoms with E-state index in [4.69, 9.17) is 5.21 Å². The molecule has 0 amide bonds. The molecule has 0 unspecified atom stereocenters. The number of benzene rings is 1. The van der Waals surface area contributed by atoms with E-state index in [-0.39, 0.29) is 0 Å². The highest BCUT2D eigenvalue weighted by atomic mass is 16.4. The van der Waals surface area contributed by atoms with Gasteiger partial charge in [0.2, 0.25) is 0 Å². The first-order valence-electron chi connectivity index (χ1n) is 5.19. The molecule has 2 aliphatic carbocycles. The van der Waals surface area contributed by atoms with E-state index < -0.39 is 0 Å². The van der Waals surface area contributed by atoms with Crippen LogP contribution in [0.4, 0.5) is 0 Å². The predicted molar refractivity (Wildman–Crippen MR) is 54.8 cm³/mol. The quantitative estimate of drug-likeness (QED) is 0.491. The van der Waals surface area contributed by atoms with Crippen molar-refractivity contribution >= 4 is 5.71 Å². The molecule has 1 fully saturated rings. The van der Waals surface area contributed by atoms with E-state index in [1.807, 2.05) is 0 Å². The van der Waals surface area contributed by atoms with Gasteiger partial charge < -0.3 is 5.21 Å². The molecule has 0 saturated heterocycles. The second-order valence-electron chi connectivity index (χ2n) is 4.24. The SMILES string of the molecule is O/N=C1\CCc2ccccc2[C@@H]2C[C@H]12. The molecule has 1 aromatic carbocycles. The molecule has 2 aliphatic rings. The van der Waals surface area contributed by atoms with Gasteiger partial charge in [0.25, 0.3) is 0 Å². The summed E-state index contributed by atoms with van der Waals surface area (Å²) in [7, 11) is 0. The van der Waals surface area contributed by atoms with Gasteiger partial charge in [0.15, 0.2) is 0 Å². The Balaban J connectivity index is 2.04. The van der Waals surface area contributed by atoms with E-state index in [2.05, 4.69) is 29.4 Å². The molecule has 0 radical (unpaired) electrons. The third-order valence-electron chi connectivity index (χ3n) is 3.45. The third kappa shape index (κ3) is 1.07. The normalized spacial score (nSPS) is 31.9. The number of hydrogen-bond acceptors (Lipinski definition) is 2. The highest BCUT2D eigenvalue weighted by Crippen LogP contribution is 2.51. The van der Waals surface area contributed by atoms with Crippen LogP contribution in [-0.2, 0) is 6.42 Å². The Morgan fingerprint density at radius 3 is 2.86 bits per heavy atom. The summed E-state index contributed by atoms with van der Waals surface area (Å²) in [5.74, 6) is 1.17. The highest BCUT2D eigenvalue weighted by molar-refractivity contribution is 5.90. The lowest BCUT2D eigenvalue weighted by molar-refractivity contribution is 0.315. The second-order valence-corrected chi connectivity index (χ2v) is 4.24. The molecule has 0 aliphatic heterocycles. The lowest BCUT2D eigenvalue weighted by Crippen LogP contribution is -2.01. The number of aryl methyl sites for hydroxylation is 1. The molecule has 2 heteroatoms. The molecule has 1 saturated carbocycles. The van der Waals surface area contributed by atoms with Gasteiger partial charge in [0.05, 0.1) is 5.71 Å². The van der Waals surface area contributed by atoms with Gasteiger partial charge >= 0.3 is 0 Å². The summed E-state index contributed by atoms with van der Waals surface area (Å²) < 4.78 is 0. The standard InChI is InChI=1S/C12H13NO/c14-13-12-6-5-8-3-1-2-4-9(8)10-7-11(10)12/h1-4,10-11,14H,5-7H2/b13-12+/t10-,11-/m0/s1. The van der Waals surface area contributed by atoms with Crippen molar-refractivity contribution in [3.05, 3.63) is 35.4 Å². The Bertz CT molecular complexity index is 397. The predicted octanol–water partition coefficient (Wildman–Crippen LogP) is 2.57. The summed E-state index contributed by atoms with van der Waals surface area (Å²) in [6.07, 6.45) is 3.13. The van der Waals surface area contributed by atoms with Crippen LogP contribution in [0.2, 0.25) is 0 Å². The van der Waals surface area contributed by atoms with Crippen LogP contribution < -0.4 is 0 Å². The second kappa shape index (κ2) is 2.84. The van der Waals surface area contributed by atoms with Gasteiger partial charge in [-0.25, -0.2) is 0 Å². The Kier molecular flexibility index (Phi) is 1.63. The van der Waals surface area contributed by atoms with Crippen LogP contribution in [0.15, 0.2) is 29.4 Å². The molecular formula is C12H13NO. The van der Waals surface area contributed by atoms with Gasteiger partial charge in [0, 0.05) is 5.92 Å². The zero-order valence-electron chi connectivity index (χ0n) is 7.98. The van der Waals surface area contributed by atoms with E-state index in [9.17, 15) is 0 Å². The number of rotatable bonds is 0. The number of hydrogen-bond donors (Lipinski definition) is 1. The maximum atomic E-state index is 8.88. The molecule has 1 aromatic rings. The fourth-order valence-electron chi connectivity index (χ4n) is 2.60. The first kappa shape index (κ1) is 8.04. The van der Waals surface area contributed by atoms with Crippen molar-refractivity contribution in [3.8, 4) is 0 Å². The molecule has 3 rings (SSSR count). The van der Waals surface area contributed by atoms with E-state index in [1.54, 1.807) is 0 Å². The number of fused-ring (bicyclic) bond motifs is 3. The van der Waals surface area contributed by atoms with E-state index in [1.165, 1.54) is 17.5 Å². The van der Waals surface area contributed by atoms with E-state index in [0.29, 0.717) is 11.8 Å². The van der Waals surface area contributed by atoms with Crippen molar-refractivity contribution in [2.24, 2.45) is 11.1 Å². The Morgan fingerprint density at radius 2 is 2.00 bits per heavy atom. The summed E-state index contributed by atoms with van der Waals surface area (Å²) in [5.41, 5.74) is 3.93. The van der Waals surface area contributed by atoms with Crippen LogP contribution in [0, 0.1) is 5.92 Å². The van der Waals surface area contributed by atoms with Crippen molar-refractivity contribution in [1.29, 1.82) is 0 Å². The molecule has 2 atom stereocenters. The molecule has 0 spiro atoms. The van der Waals surface area contributed by atoms with Gasteiger partial charge in [0.1, 0.15) is 0 Å². The van der Waals surface area contributed by atoms with Crippen molar-refractivity contribution in [2.45, 2.75) is 25.2 Å². The number of nitrogens with zero attached hydrogens (tertiary/aromatic N) is 1. The molecular weight excluding hydrogens is 174 g/mol. The monoisotopic (exact) mass is 187 g/mol. The molecule has 2 nitrogen and oxygen atoms in total. The lowest BCUT2D eigenvalue weighted by Gasteiger charge is -2.04. The van der Waals surface area contributed by atoms with E-state index in [0.717, 1.165) is 18.6 Å². The topological polar surface area (TPSA) is 32.6 Å². The fraction of sp³-hybridized carbons (Fsp3) is 0.417. The number of oxime groups is 1. The molecule has 14 heavy (non-hydrogen) atoms. The summed E-state index contributed by atoms with van der Waals surface area (Å²) >= 11 is 0. The summed E-state index contributed by atoms with van der Waals surface area (Å²) in [4.78, 5) is 0. The molecule has 72 valence electrons. The minimum Gasteiger partial charge on any atom is -0.411 e. The summed E-state index contributed by atoms with van der Waals surface area (Å²) in [5, 5.41) is 12.3. The Morgan fingerprint density at radius 1 is 1.14 bits per heavy atom. The Labute approximate surface area is 83.3 Å². The van der Waals surface area contributed by atoms with Crippen molar-refractivity contribution < 1.29 is 5.21 Å². The smallest absolute Gasteiger partial charge is 0.0611 e. The van der Waals surface area contributed by atoms with Gasteiger partial charge in [-0.05, 0) is 36.3 Å². The van der Waals surface area contributed by atoms with Crippen LogP contribution in [0.5, 0.6) is 0 Å². The maximum absolute atomic E-state index is 8.88. The molecule has 0 bridgehead atoms. The molecule has 1 N–H and O–H groups in total. The van der Waals surface area contributed by atoms with Crippen molar-refractivity contribution in [3.63, 3.8) is 0 Å². The van der Waals surface area contributed by atoms with Crippen LogP contribution in [0.3, 0.4) is 0 Å². The lowest BCUT2D eigenvalue weighted by atomic mass is 10.0. The highest BCUT2D eigenvalue weighted by Gasteiger charge is 2.44. The first-order chi connectivity index (χ1) is 6.90. The van der Waals surface area contributed by atoms with Crippen LogP contribution in [0.25, 0.3) is 0 Å². The molecule has 0 aromatic heterocycles. The summed E-state index contributed by atoms with van der Waals surface area (Å²) in [6.45, 7) is 0. The minimum absolute atomic E-state index is 0.531. The fourth-order valence-corrected chi connectivity index (χ4v) is 2.60. The average Bonchev–Trinajstić information content (AvgIpc) is 2.98. The Hall–Kier alpha value is -1.31. The van der Waals surface area contributed by atoms with Crippen molar-refractivity contribution in [1.82, 2.24) is 0 Å². The first-order valence-corrected chi connectivity index (χ1v) is 5.19. The van der Waals surface area contributed by atoms with Gasteiger partial charge in [-0.1, -0.05) is 29.4 Å². The average molecular weight is 187 g/mol. The molecule has 0 heterocycles. The van der Waals surface area contributed by atoms with Crippen molar-refractivity contribution in [2.75, 3.05) is 0 Å². The van der Waals surface area contributed by atoms with Gasteiger partial charge in [-0.15, -0.1) is 0 Å². The summed E-state index contributed by atoms with van der Waals surface area (Å²) in [6, 6.07) is 8.62. The van der Waals surface area contributed by atoms with Crippen LogP contribution in [-0.4, -0.2) is 10.9 Å².